The van der Waals surface area contributed by atoms with Gasteiger partial charge in [0, 0.05) is 51.9 Å². The Morgan fingerprint density at radius 1 is 1.08 bits per heavy atom. The van der Waals surface area contributed by atoms with E-state index in [0.717, 1.165) is 5.39 Å². The molecule has 2 heterocycles. The highest BCUT2D eigenvalue weighted by Crippen LogP contribution is 2.19. The molecule has 0 saturated carbocycles. The zero-order valence-corrected chi connectivity index (χ0v) is 14.5. The second kappa shape index (κ2) is 6.46. The Morgan fingerprint density at radius 3 is 2.42 bits per heavy atom. The molecule has 24 heavy (non-hydrogen) atoms. The van der Waals surface area contributed by atoms with Gasteiger partial charge in [-0.2, -0.15) is 17.0 Å². The monoisotopic (exact) mass is 348 g/mol. The van der Waals surface area contributed by atoms with E-state index in [1.165, 1.54) is 22.7 Å². The van der Waals surface area contributed by atoms with Crippen molar-refractivity contribution in [1.29, 1.82) is 0 Å². The Balaban J connectivity index is 1.78. The van der Waals surface area contributed by atoms with E-state index in [0.29, 0.717) is 37.3 Å². The van der Waals surface area contributed by atoms with E-state index in [1.54, 1.807) is 17.2 Å². The predicted octanol–water partition coefficient (Wildman–Crippen LogP) is 0.799. The van der Waals surface area contributed by atoms with Crippen LogP contribution in [0.15, 0.2) is 36.5 Å². The summed E-state index contributed by atoms with van der Waals surface area (Å²) in [4.78, 5) is 18.8. The van der Waals surface area contributed by atoms with Crippen molar-refractivity contribution in [3.05, 3.63) is 42.1 Å². The van der Waals surface area contributed by atoms with Gasteiger partial charge in [0.15, 0.2) is 0 Å². The van der Waals surface area contributed by atoms with Crippen LogP contribution in [-0.2, 0) is 10.2 Å². The van der Waals surface area contributed by atoms with E-state index in [2.05, 4.69) is 4.98 Å². The van der Waals surface area contributed by atoms with Crippen LogP contribution in [0.5, 0.6) is 0 Å². The number of para-hydroxylation sites is 1. The van der Waals surface area contributed by atoms with E-state index in [9.17, 15) is 13.2 Å². The first-order valence-electron chi connectivity index (χ1n) is 7.72. The highest BCUT2D eigenvalue weighted by atomic mass is 32.2. The summed E-state index contributed by atoms with van der Waals surface area (Å²) in [6.45, 7) is 1.33. The smallest absolute Gasteiger partial charge is 0.281 e. The third-order valence-corrected chi connectivity index (χ3v) is 6.12. The molecule has 3 rings (SSSR count). The number of carbonyl (C=O) groups excluding carboxylic acids is 1. The van der Waals surface area contributed by atoms with E-state index in [4.69, 9.17) is 0 Å². The maximum Gasteiger partial charge on any atom is 0.281 e. The zero-order chi connectivity index (χ0) is 17.3. The number of aromatic nitrogens is 1. The first-order chi connectivity index (χ1) is 11.4. The molecule has 1 aromatic heterocycles. The van der Waals surface area contributed by atoms with Crippen LogP contribution in [0.1, 0.15) is 10.4 Å². The standard InChI is InChI=1S/C16H20N4O3S/c1-18(2)24(22,23)20-11-9-19(10-12-20)16(21)14-7-3-5-13-6-4-8-17-15(13)14/h3-8H,9-12H2,1-2H3. The second-order valence-electron chi connectivity index (χ2n) is 5.86. The lowest BCUT2D eigenvalue weighted by atomic mass is 10.1. The molecule has 8 heteroatoms. The molecule has 128 valence electrons. The van der Waals surface area contributed by atoms with E-state index in [-0.39, 0.29) is 5.91 Å². The molecule has 1 aromatic carbocycles. The Labute approximate surface area is 141 Å². The number of carbonyl (C=O) groups is 1. The minimum absolute atomic E-state index is 0.110. The van der Waals surface area contributed by atoms with Crippen LogP contribution in [0, 0.1) is 0 Å². The van der Waals surface area contributed by atoms with Crippen molar-refractivity contribution in [1.82, 2.24) is 18.5 Å². The van der Waals surface area contributed by atoms with E-state index < -0.39 is 10.2 Å². The van der Waals surface area contributed by atoms with Gasteiger partial charge in [0.1, 0.15) is 0 Å². The molecule has 1 aliphatic heterocycles. The summed E-state index contributed by atoms with van der Waals surface area (Å²) >= 11 is 0. The van der Waals surface area contributed by atoms with E-state index >= 15 is 0 Å². The normalized spacial score (nSPS) is 16.7. The molecule has 0 unspecified atom stereocenters. The van der Waals surface area contributed by atoms with Crippen LogP contribution in [-0.4, -0.2) is 73.1 Å². The minimum atomic E-state index is -3.43. The second-order valence-corrected chi connectivity index (χ2v) is 8.00. The summed E-state index contributed by atoms with van der Waals surface area (Å²) in [6.07, 6.45) is 1.67. The average Bonchev–Trinajstić information content (AvgIpc) is 2.60. The molecule has 0 bridgehead atoms. The molecule has 1 fully saturated rings. The summed E-state index contributed by atoms with van der Waals surface area (Å²) in [7, 11) is -0.415. The highest BCUT2D eigenvalue weighted by Gasteiger charge is 2.30. The van der Waals surface area contributed by atoms with E-state index in [1.807, 2.05) is 24.3 Å². The molecule has 1 amide bonds. The van der Waals surface area contributed by atoms with Gasteiger partial charge < -0.3 is 4.90 Å². The average molecular weight is 348 g/mol. The predicted molar refractivity (Wildman–Crippen MR) is 91.8 cm³/mol. The number of hydrogen-bond donors (Lipinski definition) is 0. The molecule has 7 nitrogen and oxygen atoms in total. The lowest BCUT2D eigenvalue weighted by molar-refractivity contribution is 0.0697. The quantitative estimate of drug-likeness (QED) is 0.822. The minimum Gasteiger partial charge on any atom is -0.336 e. The molecule has 0 radical (unpaired) electrons. The van der Waals surface area contributed by atoms with Crippen molar-refractivity contribution in [3.63, 3.8) is 0 Å². The number of pyridine rings is 1. The van der Waals surface area contributed by atoms with Gasteiger partial charge in [0.05, 0.1) is 11.1 Å². The topological polar surface area (TPSA) is 73.8 Å². The van der Waals surface area contributed by atoms with Crippen molar-refractivity contribution >= 4 is 27.0 Å². The molecular formula is C16H20N4O3S. The van der Waals surface area contributed by atoms with Crippen LogP contribution in [0.3, 0.4) is 0 Å². The van der Waals surface area contributed by atoms with Crippen LogP contribution < -0.4 is 0 Å². The molecule has 0 N–H and O–H groups in total. The van der Waals surface area contributed by atoms with Gasteiger partial charge in [-0.15, -0.1) is 0 Å². The summed E-state index contributed by atoms with van der Waals surface area (Å²) < 4.78 is 26.9. The number of fused-ring (bicyclic) bond motifs is 1. The van der Waals surface area contributed by atoms with Gasteiger partial charge in [-0.25, -0.2) is 0 Å². The number of piperazine rings is 1. The zero-order valence-electron chi connectivity index (χ0n) is 13.7. The fourth-order valence-corrected chi connectivity index (χ4v) is 3.89. The number of hydrogen-bond acceptors (Lipinski definition) is 4. The fraction of sp³-hybridized carbons (Fsp3) is 0.375. The van der Waals surface area contributed by atoms with Crippen molar-refractivity contribution < 1.29 is 13.2 Å². The largest absolute Gasteiger partial charge is 0.336 e. The third-order valence-electron chi connectivity index (χ3n) is 4.18. The van der Waals surface area contributed by atoms with Crippen LogP contribution >= 0.6 is 0 Å². The number of rotatable bonds is 3. The van der Waals surface area contributed by atoms with Crippen molar-refractivity contribution in [2.75, 3.05) is 40.3 Å². The van der Waals surface area contributed by atoms with Gasteiger partial charge in [-0.1, -0.05) is 18.2 Å². The molecule has 1 saturated heterocycles. The first kappa shape index (κ1) is 16.8. The number of benzene rings is 1. The van der Waals surface area contributed by atoms with Crippen molar-refractivity contribution in [3.8, 4) is 0 Å². The summed E-state index contributed by atoms with van der Waals surface area (Å²) in [5.74, 6) is -0.110. The molecular weight excluding hydrogens is 328 g/mol. The van der Waals surface area contributed by atoms with Gasteiger partial charge in [0.2, 0.25) is 0 Å². The Bertz CT molecular complexity index is 853. The van der Waals surface area contributed by atoms with Gasteiger partial charge in [-0.3, -0.25) is 9.78 Å². The summed E-state index contributed by atoms with van der Waals surface area (Å²) in [5, 5.41) is 0.914. The Hall–Kier alpha value is -2.03. The lowest BCUT2D eigenvalue weighted by Gasteiger charge is -2.35. The summed E-state index contributed by atoms with van der Waals surface area (Å²) in [6, 6.07) is 9.27. The lowest BCUT2D eigenvalue weighted by Crippen LogP contribution is -2.53. The van der Waals surface area contributed by atoms with Crippen molar-refractivity contribution in [2.24, 2.45) is 0 Å². The summed E-state index contributed by atoms with van der Waals surface area (Å²) in [5.41, 5.74) is 1.23. The first-order valence-corrected chi connectivity index (χ1v) is 9.11. The molecule has 0 atom stereocenters. The van der Waals surface area contributed by atoms with Crippen LogP contribution in [0.4, 0.5) is 0 Å². The SMILES string of the molecule is CN(C)S(=O)(=O)N1CCN(C(=O)c2cccc3cccnc23)CC1. The fourth-order valence-electron chi connectivity index (χ4n) is 2.80. The van der Waals surface area contributed by atoms with Crippen molar-refractivity contribution in [2.45, 2.75) is 0 Å². The molecule has 1 aliphatic rings. The molecule has 2 aromatic rings. The Kier molecular flexibility index (Phi) is 4.53. The maximum absolute atomic E-state index is 12.8. The van der Waals surface area contributed by atoms with Gasteiger partial charge in [0.25, 0.3) is 16.1 Å². The molecule has 0 aliphatic carbocycles. The van der Waals surface area contributed by atoms with Gasteiger partial charge >= 0.3 is 0 Å². The van der Waals surface area contributed by atoms with Crippen LogP contribution in [0.25, 0.3) is 10.9 Å². The van der Waals surface area contributed by atoms with Crippen LogP contribution in [0.2, 0.25) is 0 Å². The third kappa shape index (κ3) is 3.00. The van der Waals surface area contributed by atoms with Gasteiger partial charge in [-0.05, 0) is 12.1 Å². The molecule has 0 spiro atoms. The highest BCUT2D eigenvalue weighted by molar-refractivity contribution is 7.86. The Morgan fingerprint density at radius 2 is 1.75 bits per heavy atom. The maximum atomic E-state index is 12.8. The number of amides is 1. The number of nitrogens with zero attached hydrogens (tertiary/aromatic N) is 4.